The van der Waals surface area contributed by atoms with Crippen LogP contribution in [0.2, 0.25) is 0 Å². The minimum atomic E-state index is -0.793. The van der Waals surface area contributed by atoms with Gasteiger partial charge in [0.25, 0.3) is 0 Å². The van der Waals surface area contributed by atoms with Crippen LogP contribution in [0.25, 0.3) is 0 Å². The number of nitrogens with one attached hydrogen (secondary N) is 2. The van der Waals surface area contributed by atoms with Gasteiger partial charge < -0.3 is 15.4 Å². The summed E-state index contributed by atoms with van der Waals surface area (Å²) in [7, 11) is 1.78. The predicted molar refractivity (Wildman–Crippen MR) is 103 cm³/mol. The molecule has 2 N–H and O–H groups in total. The Balaban J connectivity index is 1.33. The number of piperidine rings is 1. The van der Waals surface area contributed by atoms with Crippen LogP contribution in [0.3, 0.4) is 0 Å². The molecule has 2 aliphatic rings. The first-order chi connectivity index (χ1) is 13.1. The third-order valence-electron chi connectivity index (χ3n) is 5.13. The number of guanidine groups is 1. The highest BCUT2D eigenvalue weighted by Crippen LogP contribution is 2.28. The van der Waals surface area contributed by atoms with Crippen molar-refractivity contribution >= 4 is 5.96 Å². The molecule has 0 unspecified atom stereocenters. The highest BCUT2D eigenvalue weighted by atomic mass is 19.2. The number of halogens is 2. The second-order valence-corrected chi connectivity index (χ2v) is 7.46. The van der Waals surface area contributed by atoms with Crippen LogP contribution in [0.1, 0.15) is 31.2 Å². The first kappa shape index (κ1) is 20.0. The summed E-state index contributed by atoms with van der Waals surface area (Å²) in [5.74, 6) is 0.0293. The molecule has 0 spiro atoms. The summed E-state index contributed by atoms with van der Waals surface area (Å²) in [6, 6.07) is 4.50. The van der Waals surface area contributed by atoms with E-state index in [2.05, 4.69) is 20.5 Å². The molecule has 7 heteroatoms. The van der Waals surface area contributed by atoms with Crippen LogP contribution >= 0.6 is 0 Å². The molecule has 3 rings (SSSR count). The van der Waals surface area contributed by atoms with Crippen LogP contribution in [0.5, 0.6) is 0 Å². The molecular formula is C20H30F2N4O. The maximum atomic E-state index is 13.3. The highest BCUT2D eigenvalue weighted by molar-refractivity contribution is 5.79. The molecular weight excluding hydrogens is 350 g/mol. The fourth-order valence-electron chi connectivity index (χ4n) is 3.30. The number of rotatable bonds is 8. The molecule has 0 bridgehead atoms. The van der Waals surface area contributed by atoms with E-state index in [0.29, 0.717) is 19.2 Å². The summed E-state index contributed by atoms with van der Waals surface area (Å²) < 4.78 is 32.0. The molecule has 150 valence electrons. The van der Waals surface area contributed by atoms with Crippen molar-refractivity contribution in [1.29, 1.82) is 0 Å². The Morgan fingerprint density at radius 1 is 1.19 bits per heavy atom. The van der Waals surface area contributed by atoms with Crippen molar-refractivity contribution in [2.75, 3.05) is 39.9 Å². The number of likely N-dealkylation sites (tertiary alicyclic amines) is 1. The van der Waals surface area contributed by atoms with Crippen LogP contribution in [0, 0.1) is 17.6 Å². The molecule has 5 nitrogen and oxygen atoms in total. The van der Waals surface area contributed by atoms with E-state index in [4.69, 9.17) is 4.74 Å². The average molecular weight is 380 g/mol. The van der Waals surface area contributed by atoms with E-state index in [-0.39, 0.29) is 0 Å². The zero-order valence-electron chi connectivity index (χ0n) is 16.0. The summed E-state index contributed by atoms with van der Waals surface area (Å²) in [4.78, 5) is 6.55. The lowest BCUT2D eigenvalue weighted by molar-refractivity contribution is 0.129. The standard InChI is InChI=1S/C20H30F2N4O/c1-23-20(24-8-11-27-14-15-2-3-15)25-17-6-9-26(10-7-17)13-16-4-5-18(21)19(22)12-16/h4-5,12,15,17H,2-3,6-11,13-14H2,1H3,(H2,23,24,25). The van der Waals surface area contributed by atoms with E-state index in [9.17, 15) is 8.78 Å². The van der Waals surface area contributed by atoms with Crippen molar-refractivity contribution in [3.63, 3.8) is 0 Å². The number of nitrogens with zero attached hydrogens (tertiary/aromatic N) is 2. The third-order valence-corrected chi connectivity index (χ3v) is 5.13. The molecule has 27 heavy (non-hydrogen) atoms. The van der Waals surface area contributed by atoms with E-state index < -0.39 is 11.6 Å². The molecule has 0 aromatic heterocycles. The minimum absolute atomic E-state index is 0.366. The van der Waals surface area contributed by atoms with Crippen molar-refractivity contribution in [2.24, 2.45) is 10.9 Å². The van der Waals surface area contributed by atoms with Crippen LogP contribution < -0.4 is 10.6 Å². The van der Waals surface area contributed by atoms with Crippen LogP contribution in [-0.4, -0.2) is 56.8 Å². The fraction of sp³-hybridized carbons (Fsp3) is 0.650. The van der Waals surface area contributed by atoms with Crippen molar-refractivity contribution in [2.45, 2.75) is 38.3 Å². The monoisotopic (exact) mass is 380 g/mol. The lowest BCUT2D eigenvalue weighted by Gasteiger charge is -2.33. The third kappa shape index (κ3) is 6.74. The van der Waals surface area contributed by atoms with E-state index in [0.717, 1.165) is 56.5 Å². The van der Waals surface area contributed by atoms with Crippen molar-refractivity contribution in [3.05, 3.63) is 35.4 Å². The van der Waals surface area contributed by atoms with E-state index in [1.165, 1.54) is 25.0 Å². The van der Waals surface area contributed by atoms with Gasteiger partial charge in [0, 0.05) is 45.9 Å². The van der Waals surface area contributed by atoms with Gasteiger partial charge in [0.1, 0.15) is 0 Å². The molecule has 1 aliphatic heterocycles. The van der Waals surface area contributed by atoms with Gasteiger partial charge in [-0.25, -0.2) is 8.78 Å². The van der Waals surface area contributed by atoms with Gasteiger partial charge in [0.15, 0.2) is 17.6 Å². The van der Waals surface area contributed by atoms with Crippen molar-refractivity contribution in [1.82, 2.24) is 15.5 Å². The van der Waals surface area contributed by atoms with Gasteiger partial charge in [0.05, 0.1) is 6.61 Å². The molecule has 0 atom stereocenters. The van der Waals surface area contributed by atoms with Crippen LogP contribution in [-0.2, 0) is 11.3 Å². The molecule has 0 radical (unpaired) electrons. The lowest BCUT2D eigenvalue weighted by Crippen LogP contribution is -2.49. The maximum absolute atomic E-state index is 13.3. The van der Waals surface area contributed by atoms with Gasteiger partial charge in [-0.3, -0.25) is 9.89 Å². The maximum Gasteiger partial charge on any atom is 0.191 e. The number of aliphatic imine (C=N–C) groups is 1. The number of hydrogen-bond donors (Lipinski definition) is 2. The van der Waals surface area contributed by atoms with E-state index in [1.807, 2.05) is 0 Å². The lowest BCUT2D eigenvalue weighted by atomic mass is 10.0. The fourth-order valence-corrected chi connectivity index (χ4v) is 3.30. The van der Waals surface area contributed by atoms with E-state index in [1.54, 1.807) is 13.1 Å². The van der Waals surface area contributed by atoms with Crippen molar-refractivity contribution < 1.29 is 13.5 Å². The summed E-state index contributed by atoms with van der Waals surface area (Å²) in [5, 5.41) is 6.76. The van der Waals surface area contributed by atoms with Gasteiger partial charge in [0.2, 0.25) is 0 Å². The van der Waals surface area contributed by atoms with Gasteiger partial charge in [-0.2, -0.15) is 0 Å². The van der Waals surface area contributed by atoms with E-state index >= 15 is 0 Å². The summed E-state index contributed by atoms with van der Waals surface area (Å²) in [6.45, 7) is 4.81. The second-order valence-electron chi connectivity index (χ2n) is 7.46. The molecule has 1 saturated carbocycles. The number of ether oxygens (including phenoxy) is 1. The number of benzene rings is 1. The molecule has 1 aromatic carbocycles. The SMILES string of the molecule is CN=C(NCCOCC1CC1)NC1CCN(Cc2ccc(F)c(F)c2)CC1. The molecule has 1 aromatic rings. The predicted octanol–water partition coefficient (Wildman–Crippen LogP) is 2.52. The Labute approximate surface area is 160 Å². The van der Waals surface area contributed by atoms with Gasteiger partial charge in [-0.15, -0.1) is 0 Å². The zero-order valence-corrected chi connectivity index (χ0v) is 16.0. The van der Waals surface area contributed by atoms with Gasteiger partial charge >= 0.3 is 0 Å². The molecule has 1 heterocycles. The Kier molecular flexibility index (Phi) is 7.41. The molecule has 0 amide bonds. The molecule has 1 saturated heterocycles. The molecule has 2 fully saturated rings. The normalized spacial score (nSPS) is 19.3. The van der Waals surface area contributed by atoms with Crippen LogP contribution in [0.4, 0.5) is 8.78 Å². The average Bonchev–Trinajstić information content (AvgIpc) is 3.49. The minimum Gasteiger partial charge on any atom is -0.379 e. The van der Waals surface area contributed by atoms with Gasteiger partial charge in [-0.05, 0) is 49.3 Å². The largest absolute Gasteiger partial charge is 0.379 e. The summed E-state index contributed by atoms with van der Waals surface area (Å²) in [5.41, 5.74) is 0.809. The quantitative estimate of drug-likeness (QED) is 0.413. The zero-order chi connectivity index (χ0) is 19.1. The first-order valence-electron chi connectivity index (χ1n) is 9.85. The Hall–Kier alpha value is -1.73. The highest BCUT2D eigenvalue weighted by Gasteiger charge is 2.21. The molecule has 1 aliphatic carbocycles. The second kappa shape index (κ2) is 9.99. The Bertz CT molecular complexity index is 628. The number of hydrogen-bond acceptors (Lipinski definition) is 3. The van der Waals surface area contributed by atoms with Gasteiger partial charge in [-0.1, -0.05) is 6.07 Å². The summed E-state index contributed by atoms with van der Waals surface area (Å²) >= 11 is 0. The Morgan fingerprint density at radius 2 is 1.96 bits per heavy atom. The van der Waals surface area contributed by atoms with Crippen molar-refractivity contribution in [3.8, 4) is 0 Å². The topological polar surface area (TPSA) is 48.9 Å². The summed E-state index contributed by atoms with van der Waals surface area (Å²) in [6.07, 6.45) is 4.60. The first-order valence-corrected chi connectivity index (χ1v) is 9.85. The Morgan fingerprint density at radius 3 is 2.63 bits per heavy atom. The van der Waals surface area contributed by atoms with Crippen LogP contribution in [0.15, 0.2) is 23.2 Å². The smallest absolute Gasteiger partial charge is 0.191 e.